The topological polar surface area (TPSA) is 66.8 Å². The van der Waals surface area contributed by atoms with Gasteiger partial charge in [-0.3, -0.25) is 14.5 Å². The summed E-state index contributed by atoms with van der Waals surface area (Å²) in [7, 11) is 0. The molecule has 5 nitrogen and oxygen atoms in total. The van der Waals surface area contributed by atoms with Crippen LogP contribution in [0, 0.1) is 5.82 Å². The summed E-state index contributed by atoms with van der Waals surface area (Å²) in [5, 5.41) is 11.7. The molecule has 1 amide bonds. The van der Waals surface area contributed by atoms with Gasteiger partial charge in [-0.25, -0.2) is 4.39 Å². The van der Waals surface area contributed by atoms with E-state index >= 15 is 0 Å². The predicted molar refractivity (Wildman–Crippen MR) is 130 cm³/mol. The number of benzene rings is 3. The number of rotatable bonds is 6. The Morgan fingerprint density at radius 1 is 1.03 bits per heavy atom. The number of aliphatic hydroxyl groups is 1. The van der Waals surface area contributed by atoms with E-state index in [1.54, 1.807) is 36.4 Å². The molecule has 1 fully saturated rings. The molecule has 1 heterocycles. The molecule has 1 aliphatic heterocycles. The van der Waals surface area contributed by atoms with Crippen LogP contribution < -0.4 is 9.64 Å². The maximum Gasteiger partial charge on any atom is 0.300 e. The fraction of sp³-hybridized carbons (Fsp3) is 0.154. The van der Waals surface area contributed by atoms with Gasteiger partial charge in [-0.2, -0.15) is 0 Å². The smallest absolute Gasteiger partial charge is 0.300 e. The van der Waals surface area contributed by atoms with E-state index in [1.807, 2.05) is 6.92 Å². The van der Waals surface area contributed by atoms with Crippen molar-refractivity contribution in [3.05, 3.63) is 99.3 Å². The Morgan fingerprint density at radius 2 is 1.76 bits per heavy atom. The molecule has 0 radical (unpaired) electrons. The number of ketones is 1. The van der Waals surface area contributed by atoms with Crippen LogP contribution in [0.4, 0.5) is 10.1 Å². The summed E-state index contributed by atoms with van der Waals surface area (Å²) in [6, 6.07) is 15.5. The van der Waals surface area contributed by atoms with Crippen LogP contribution in [-0.4, -0.2) is 23.4 Å². The number of nitrogens with zero attached hydrogens (tertiary/aromatic N) is 1. The van der Waals surface area contributed by atoms with Crippen molar-refractivity contribution in [2.24, 2.45) is 0 Å². The van der Waals surface area contributed by atoms with Crippen molar-refractivity contribution in [1.82, 2.24) is 0 Å². The maximum absolute atomic E-state index is 13.6. The lowest BCUT2D eigenvalue weighted by Crippen LogP contribution is -2.29. The fourth-order valence-electron chi connectivity index (χ4n) is 3.81. The van der Waals surface area contributed by atoms with Crippen molar-refractivity contribution in [2.45, 2.75) is 19.4 Å². The van der Waals surface area contributed by atoms with E-state index in [0.29, 0.717) is 34.2 Å². The zero-order chi connectivity index (χ0) is 24.4. The van der Waals surface area contributed by atoms with Gasteiger partial charge in [-0.05, 0) is 60.5 Å². The third-order valence-corrected chi connectivity index (χ3v) is 6.13. The van der Waals surface area contributed by atoms with Gasteiger partial charge in [0.2, 0.25) is 0 Å². The molecule has 0 aliphatic carbocycles. The lowest BCUT2D eigenvalue weighted by atomic mass is 9.95. The minimum absolute atomic E-state index is 0.125. The minimum atomic E-state index is -1.01. The molecular weight excluding hydrogens is 480 g/mol. The summed E-state index contributed by atoms with van der Waals surface area (Å²) < 4.78 is 19.2. The third kappa shape index (κ3) is 4.52. The highest BCUT2D eigenvalue weighted by Gasteiger charge is 2.47. The SMILES string of the molecule is CCCOc1cccc(/C(O)=C2/C(=O)C(=O)N(c3ccc(F)cc3)C2c2ccc(Cl)c(Cl)c2)c1. The number of carbonyl (C=O) groups is 2. The number of halogens is 3. The van der Waals surface area contributed by atoms with E-state index in [0.717, 1.165) is 6.42 Å². The van der Waals surface area contributed by atoms with Crippen molar-refractivity contribution >= 4 is 46.3 Å². The fourth-order valence-corrected chi connectivity index (χ4v) is 4.11. The summed E-state index contributed by atoms with van der Waals surface area (Å²) in [5.41, 5.74) is 0.938. The highest BCUT2D eigenvalue weighted by Crippen LogP contribution is 2.43. The number of amides is 1. The summed E-state index contributed by atoms with van der Waals surface area (Å²) >= 11 is 12.3. The van der Waals surface area contributed by atoms with Gasteiger partial charge < -0.3 is 9.84 Å². The molecule has 34 heavy (non-hydrogen) atoms. The van der Waals surface area contributed by atoms with E-state index in [9.17, 15) is 19.1 Å². The zero-order valence-electron chi connectivity index (χ0n) is 18.1. The van der Waals surface area contributed by atoms with Gasteiger partial charge in [0.1, 0.15) is 17.3 Å². The molecule has 1 unspecified atom stereocenters. The first-order chi connectivity index (χ1) is 16.3. The van der Waals surface area contributed by atoms with Crippen LogP contribution in [0.25, 0.3) is 5.76 Å². The first-order valence-electron chi connectivity index (χ1n) is 10.6. The molecule has 3 aromatic carbocycles. The highest BCUT2D eigenvalue weighted by molar-refractivity contribution is 6.51. The molecule has 0 spiro atoms. The molecule has 1 saturated heterocycles. The van der Waals surface area contributed by atoms with Gasteiger partial charge in [0.05, 0.1) is 28.3 Å². The highest BCUT2D eigenvalue weighted by atomic mass is 35.5. The van der Waals surface area contributed by atoms with Crippen molar-refractivity contribution in [3.63, 3.8) is 0 Å². The molecule has 1 aliphatic rings. The Morgan fingerprint density at radius 3 is 2.44 bits per heavy atom. The van der Waals surface area contributed by atoms with E-state index in [2.05, 4.69) is 0 Å². The zero-order valence-corrected chi connectivity index (χ0v) is 19.6. The molecule has 8 heteroatoms. The second-order valence-electron chi connectivity index (χ2n) is 7.70. The number of hydrogen-bond acceptors (Lipinski definition) is 4. The quantitative estimate of drug-likeness (QED) is 0.237. The third-order valence-electron chi connectivity index (χ3n) is 5.39. The lowest BCUT2D eigenvalue weighted by Gasteiger charge is -2.25. The van der Waals surface area contributed by atoms with Crippen LogP contribution in [0.15, 0.2) is 72.3 Å². The lowest BCUT2D eigenvalue weighted by molar-refractivity contribution is -0.132. The van der Waals surface area contributed by atoms with Crippen LogP contribution in [0.1, 0.15) is 30.5 Å². The maximum atomic E-state index is 13.6. The van der Waals surface area contributed by atoms with Crippen molar-refractivity contribution in [3.8, 4) is 5.75 Å². The molecule has 0 aromatic heterocycles. The number of ether oxygens (including phenoxy) is 1. The summed E-state index contributed by atoms with van der Waals surface area (Å²) in [5.74, 6) is -2.07. The van der Waals surface area contributed by atoms with Crippen LogP contribution in [-0.2, 0) is 9.59 Å². The monoisotopic (exact) mass is 499 g/mol. The standard InChI is InChI=1S/C26H20Cl2FNO4/c1-2-12-34-19-5-3-4-16(13-19)24(31)22-23(15-6-11-20(27)21(28)14-15)30(26(33)25(22)32)18-9-7-17(29)8-10-18/h3-11,13-14,23,31H,2,12H2,1H3/b24-22-. The molecular formula is C26H20Cl2FNO4. The number of Topliss-reactive ketones (excluding diaryl/α,β-unsaturated/α-hetero) is 1. The Kier molecular flexibility index (Phi) is 6.91. The Bertz CT molecular complexity index is 1290. The molecule has 4 rings (SSSR count). The van der Waals surface area contributed by atoms with Crippen molar-refractivity contribution in [2.75, 3.05) is 11.5 Å². The Labute approximate surface area is 206 Å². The van der Waals surface area contributed by atoms with E-state index in [-0.39, 0.29) is 16.4 Å². The average molecular weight is 500 g/mol. The number of anilines is 1. The average Bonchev–Trinajstić information content (AvgIpc) is 3.10. The first-order valence-corrected chi connectivity index (χ1v) is 11.3. The van der Waals surface area contributed by atoms with Gasteiger partial charge in [0, 0.05) is 11.3 Å². The van der Waals surface area contributed by atoms with Crippen LogP contribution in [0.3, 0.4) is 0 Å². The van der Waals surface area contributed by atoms with Gasteiger partial charge in [0.25, 0.3) is 11.7 Å². The van der Waals surface area contributed by atoms with Crippen LogP contribution in [0.5, 0.6) is 5.75 Å². The molecule has 1 atom stereocenters. The van der Waals surface area contributed by atoms with E-state index in [4.69, 9.17) is 27.9 Å². The normalized spacial score (nSPS) is 17.3. The predicted octanol–water partition coefficient (Wildman–Crippen LogP) is 6.55. The second-order valence-corrected chi connectivity index (χ2v) is 8.51. The molecule has 0 saturated carbocycles. The summed E-state index contributed by atoms with van der Waals surface area (Å²) in [6.45, 7) is 2.46. The largest absolute Gasteiger partial charge is 0.507 e. The number of hydrogen-bond donors (Lipinski definition) is 1. The van der Waals surface area contributed by atoms with Gasteiger partial charge in [0.15, 0.2) is 0 Å². The first kappa shape index (κ1) is 23.8. The Hall–Kier alpha value is -3.35. The number of carbonyl (C=O) groups excluding carboxylic acids is 2. The Balaban J connectivity index is 1.90. The molecule has 174 valence electrons. The molecule has 0 bridgehead atoms. The van der Waals surface area contributed by atoms with Crippen molar-refractivity contribution in [1.29, 1.82) is 0 Å². The molecule has 1 N–H and O–H groups in total. The van der Waals surface area contributed by atoms with Gasteiger partial charge in [-0.15, -0.1) is 0 Å². The van der Waals surface area contributed by atoms with Gasteiger partial charge >= 0.3 is 0 Å². The van der Waals surface area contributed by atoms with E-state index < -0.39 is 23.5 Å². The second kappa shape index (κ2) is 9.87. The minimum Gasteiger partial charge on any atom is -0.507 e. The van der Waals surface area contributed by atoms with Gasteiger partial charge in [-0.1, -0.05) is 48.3 Å². The number of aliphatic hydroxyl groups excluding tert-OH is 1. The summed E-state index contributed by atoms with van der Waals surface area (Å²) in [4.78, 5) is 27.5. The van der Waals surface area contributed by atoms with Crippen LogP contribution in [0.2, 0.25) is 10.0 Å². The summed E-state index contributed by atoms with van der Waals surface area (Å²) in [6.07, 6.45) is 0.802. The van der Waals surface area contributed by atoms with E-state index in [1.165, 1.54) is 35.2 Å². The van der Waals surface area contributed by atoms with Crippen molar-refractivity contribution < 1.29 is 23.8 Å². The van der Waals surface area contributed by atoms with Crippen LogP contribution >= 0.6 is 23.2 Å². The molecule has 3 aromatic rings.